The van der Waals surface area contributed by atoms with Gasteiger partial charge in [-0.2, -0.15) is 0 Å². The predicted octanol–water partition coefficient (Wildman–Crippen LogP) is 5.68. The average molecular weight is 500 g/mol. The van der Waals surface area contributed by atoms with Crippen LogP contribution in [-0.2, 0) is 21.4 Å². The first-order valence-corrected chi connectivity index (χ1v) is 11.8. The summed E-state index contributed by atoms with van der Waals surface area (Å²) in [5, 5.41) is 4.99. The summed E-state index contributed by atoms with van der Waals surface area (Å²) in [4.78, 5) is 28.5. The van der Waals surface area contributed by atoms with E-state index in [0.717, 1.165) is 24.0 Å². The molecule has 2 aliphatic rings. The standard InChI is InChI=1S/C23H22Cl4N2O2/c24-15-4-3-14(18(26)12-15)11-20(21(30)29-9-1-2-10-29)28-22(31)23(7-8-23)17-6-5-16(25)13-19(17)27/h3-6,12-13,20H,1-2,7-11H2,(H,28,31)/t20-/m0/s1. The number of hydrogen-bond donors (Lipinski definition) is 1. The van der Waals surface area contributed by atoms with Gasteiger partial charge >= 0.3 is 0 Å². The van der Waals surface area contributed by atoms with Gasteiger partial charge in [0.2, 0.25) is 11.8 Å². The van der Waals surface area contributed by atoms with Crippen LogP contribution < -0.4 is 5.32 Å². The van der Waals surface area contributed by atoms with Crippen molar-refractivity contribution in [2.24, 2.45) is 0 Å². The normalized spacial score (nSPS) is 18.0. The van der Waals surface area contributed by atoms with Gasteiger partial charge in [0.25, 0.3) is 0 Å². The highest BCUT2D eigenvalue weighted by molar-refractivity contribution is 6.35. The number of benzene rings is 2. The number of halogens is 4. The fourth-order valence-electron chi connectivity index (χ4n) is 4.18. The summed E-state index contributed by atoms with van der Waals surface area (Å²) in [5.41, 5.74) is 0.779. The van der Waals surface area contributed by atoms with Gasteiger partial charge in [0.05, 0.1) is 5.41 Å². The minimum atomic E-state index is -0.727. The molecule has 164 valence electrons. The maximum atomic E-state index is 13.4. The third-order valence-electron chi connectivity index (χ3n) is 6.09. The van der Waals surface area contributed by atoms with Crippen molar-refractivity contribution in [2.75, 3.05) is 13.1 Å². The zero-order valence-corrected chi connectivity index (χ0v) is 19.8. The summed E-state index contributed by atoms with van der Waals surface area (Å²) in [6, 6.07) is 9.63. The molecule has 2 aromatic carbocycles. The molecule has 2 aromatic rings. The van der Waals surface area contributed by atoms with Gasteiger partial charge in [0.15, 0.2) is 0 Å². The number of nitrogens with zero attached hydrogens (tertiary/aromatic N) is 1. The Hall–Kier alpha value is -1.46. The number of likely N-dealkylation sites (tertiary alicyclic amines) is 1. The number of carbonyl (C=O) groups is 2. The van der Waals surface area contributed by atoms with Crippen LogP contribution in [-0.4, -0.2) is 35.8 Å². The molecule has 4 nitrogen and oxygen atoms in total. The quantitative estimate of drug-likeness (QED) is 0.555. The fourth-order valence-corrected chi connectivity index (χ4v) is 5.26. The van der Waals surface area contributed by atoms with E-state index in [2.05, 4.69) is 5.32 Å². The van der Waals surface area contributed by atoms with E-state index in [1.54, 1.807) is 36.4 Å². The Morgan fingerprint density at radius 2 is 1.55 bits per heavy atom. The Labute approximate surface area is 201 Å². The lowest BCUT2D eigenvalue weighted by Gasteiger charge is -2.27. The highest BCUT2D eigenvalue weighted by Crippen LogP contribution is 2.51. The zero-order valence-electron chi connectivity index (χ0n) is 16.8. The minimum Gasteiger partial charge on any atom is -0.343 e. The third-order valence-corrected chi connectivity index (χ3v) is 7.23. The molecule has 1 atom stereocenters. The fraction of sp³-hybridized carbons (Fsp3) is 0.391. The molecule has 1 aliphatic heterocycles. The highest BCUT2D eigenvalue weighted by Gasteiger charge is 2.53. The van der Waals surface area contributed by atoms with Crippen molar-refractivity contribution in [3.63, 3.8) is 0 Å². The Kier molecular flexibility index (Phi) is 6.73. The summed E-state index contributed by atoms with van der Waals surface area (Å²) in [6.07, 6.45) is 3.58. The molecule has 4 rings (SSSR count). The van der Waals surface area contributed by atoms with Crippen LogP contribution >= 0.6 is 46.4 Å². The third kappa shape index (κ3) is 4.83. The molecule has 31 heavy (non-hydrogen) atoms. The summed E-state index contributed by atoms with van der Waals surface area (Å²) >= 11 is 24.8. The van der Waals surface area contributed by atoms with Crippen LogP contribution in [0.4, 0.5) is 0 Å². The van der Waals surface area contributed by atoms with Crippen LogP contribution in [0.3, 0.4) is 0 Å². The molecular weight excluding hydrogens is 478 g/mol. The number of rotatable bonds is 6. The molecule has 0 bridgehead atoms. The second kappa shape index (κ2) is 9.19. The Bertz CT molecular complexity index is 1020. The lowest BCUT2D eigenvalue weighted by molar-refractivity contribution is -0.136. The first kappa shape index (κ1) is 22.7. The SMILES string of the molecule is O=C([C@H](Cc1ccc(Cl)cc1Cl)NC(=O)C1(c2ccc(Cl)cc2Cl)CC1)N1CCCC1. The van der Waals surface area contributed by atoms with E-state index in [-0.39, 0.29) is 11.8 Å². The number of hydrogen-bond acceptors (Lipinski definition) is 2. The van der Waals surface area contributed by atoms with Gasteiger partial charge in [-0.3, -0.25) is 9.59 Å². The summed E-state index contributed by atoms with van der Waals surface area (Å²) in [7, 11) is 0. The number of nitrogens with one attached hydrogen (secondary N) is 1. The van der Waals surface area contributed by atoms with E-state index in [1.807, 2.05) is 4.90 Å². The Balaban J connectivity index is 1.59. The lowest BCUT2D eigenvalue weighted by atomic mass is 9.93. The molecule has 8 heteroatoms. The molecule has 0 spiro atoms. The monoisotopic (exact) mass is 498 g/mol. The smallest absolute Gasteiger partial charge is 0.245 e. The molecular formula is C23H22Cl4N2O2. The first-order chi connectivity index (χ1) is 14.8. The molecule has 1 saturated heterocycles. The van der Waals surface area contributed by atoms with Crippen LogP contribution in [0.1, 0.15) is 36.8 Å². The number of amides is 2. The second-order valence-electron chi connectivity index (χ2n) is 8.20. The molecule has 1 N–H and O–H groups in total. The van der Waals surface area contributed by atoms with Crippen molar-refractivity contribution < 1.29 is 9.59 Å². The van der Waals surface area contributed by atoms with Crippen LogP contribution in [0, 0.1) is 0 Å². The van der Waals surface area contributed by atoms with Crippen LogP contribution in [0.25, 0.3) is 0 Å². The van der Waals surface area contributed by atoms with Gasteiger partial charge in [-0.15, -0.1) is 0 Å². The topological polar surface area (TPSA) is 49.4 Å². The lowest BCUT2D eigenvalue weighted by Crippen LogP contribution is -2.51. The van der Waals surface area contributed by atoms with Gasteiger partial charge in [-0.05, 0) is 61.1 Å². The van der Waals surface area contributed by atoms with Gasteiger partial charge < -0.3 is 10.2 Å². The summed E-state index contributed by atoms with van der Waals surface area (Å²) in [5.74, 6) is -0.283. The van der Waals surface area contributed by atoms with E-state index in [9.17, 15) is 9.59 Å². The largest absolute Gasteiger partial charge is 0.343 e. The average Bonchev–Trinajstić information content (AvgIpc) is 3.34. The maximum absolute atomic E-state index is 13.4. The van der Waals surface area contributed by atoms with E-state index in [4.69, 9.17) is 46.4 Å². The predicted molar refractivity (Wildman–Crippen MR) is 125 cm³/mol. The van der Waals surface area contributed by atoms with Gasteiger partial charge in [0.1, 0.15) is 6.04 Å². The van der Waals surface area contributed by atoms with Gasteiger partial charge in [0, 0.05) is 39.6 Å². The van der Waals surface area contributed by atoms with E-state index in [0.29, 0.717) is 52.4 Å². The van der Waals surface area contributed by atoms with Gasteiger partial charge in [-0.1, -0.05) is 58.5 Å². The molecule has 2 fully saturated rings. The Morgan fingerprint density at radius 1 is 0.935 bits per heavy atom. The molecule has 0 unspecified atom stereocenters. The number of carbonyl (C=O) groups excluding carboxylic acids is 2. The highest BCUT2D eigenvalue weighted by atomic mass is 35.5. The molecule has 1 saturated carbocycles. The second-order valence-corrected chi connectivity index (χ2v) is 9.89. The van der Waals surface area contributed by atoms with Gasteiger partial charge in [-0.25, -0.2) is 0 Å². The van der Waals surface area contributed by atoms with E-state index >= 15 is 0 Å². The molecule has 1 aliphatic carbocycles. The Morgan fingerprint density at radius 3 is 2.13 bits per heavy atom. The minimum absolute atomic E-state index is 0.0881. The van der Waals surface area contributed by atoms with Crippen LogP contribution in [0.5, 0.6) is 0 Å². The summed E-state index contributed by atoms with van der Waals surface area (Å²) in [6.45, 7) is 1.40. The van der Waals surface area contributed by atoms with Crippen molar-refractivity contribution in [1.82, 2.24) is 10.2 Å². The van der Waals surface area contributed by atoms with Crippen molar-refractivity contribution in [2.45, 2.75) is 43.6 Å². The van der Waals surface area contributed by atoms with Crippen LogP contribution in [0.2, 0.25) is 20.1 Å². The van der Waals surface area contributed by atoms with E-state index in [1.165, 1.54) is 0 Å². The maximum Gasteiger partial charge on any atom is 0.245 e. The molecule has 0 radical (unpaired) electrons. The van der Waals surface area contributed by atoms with Crippen molar-refractivity contribution in [3.05, 3.63) is 67.6 Å². The molecule has 1 heterocycles. The zero-order chi connectivity index (χ0) is 22.2. The summed E-state index contributed by atoms with van der Waals surface area (Å²) < 4.78 is 0. The van der Waals surface area contributed by atoms with Crippen molar-refractivity contribution in [1.29, 1.82) is 0 Å². The van der Waals surface area contributed by atoms with Crippen LogP contribution in [0.15, 0.2) is 36.4 Å². The first-order valence-electron chi connectivity index (χ1n) is 10.3. The van der Waals surface area contributed by atoms with Crippen molar-refractivity contribution in [3.8, 4) is 0 Å². The molecule has 0 aromatic heterocycles. The van der Waals surface area contributed by atoms with E-state index < -0.39 is 11.5 Å². The van der Waals surface area contributed by atoms with Crippen molar-refractivity contribution >= 4 is 58.2 Å². The molecule has 2 amide bonds.